The van der Waals surface area contributed by atoms with Crippen LogP contribution in [0.1, 0.15) is 97.8 Å². The lowest BCUT2D eigenvalue weighted by molar-refractivity contribution is 0.600. The molecule has 0 aliphatic rings. The fourth-order valence-corrected chi connectivity index (χ4v) is 4.66. The van der Waals surface area contributed by atoms with Crippen LogP contribution in [0.2, 0.25) is 0 Å². The second-order valence-corrected chi connectivity index (χ2v) is 9.67. The van der Waals surface area contributed by atoms with Gasteiger partial charge in [-0.2, -0.15) is 0 Å². The monoisotopic (exact) mass is 424 g/mol. The Balaban J connectivity index is 1.73. The summed E-state index contributed by atoms with van der Waals surface area (Å²) >= 11 is 0. The van der Waals surface area contributed by atoms with E-state index in [9.17, 15) is 0 Å². The van der Waals surface area contributed by atoms with Crippen molar-refractivity contribution in [3.63, 3.8) is 0 Å². The highest BCUT2D eigenvalue weighted by Gasteiger charge is 2.21. The molecule has 0 aromatic carbocycles. The van der Waals surface area contributed by atoms with Crippen molar-refractivity contribution in [2.45, 2.75) is 85.5 Å². The number of rotatable bonds is 8. The molecular weight excluding hydrogens is 384 g/mol. The molecule has 3 aromatic heterocycles. The number of hydrogen-bond acceptors (Lipinski definition) is 3. The zero-order valence-corrected chi connectivity index (χ0v) is 21.1. The Labute approximate surface area is 187 Å². The third kappa shape index (κ3) is 4.63. The summed E-state index contributed by atoms with van der Waals surface area (Å²) in [6, 6.07) is 0. The van der Waals surface area contributed by atoms with Crippen LogP contribution in [0.25, 0.3) is 0 Å². The summed E-state index contributed by atoms with van der Waals surface area (Å²) < 4.78 is 6.66. The van der Waals surface area contributed by atoms with E-state index in [4.69, 9.17) is 15.0 Å². The van der Waals surface area contributed by atoms with Crippen LogP contribution < -0.4 is 0 Å². The predicted octanol–water partition coefficient (Wildman–Crippen LogP) is 5.02. The highest BCUT2D eigenvalue weighted by Crippen LogP contribution is 2.27. The second-order valence-electron chi connectivity index (χ2n) is 9.67. The molecule has 0 saturated heterocycles. The maximum absolute atomic E-state index is 5.10. The van der Waals surface area contributed by atoms with Gasteiger partial charge in [-0.3, -0.25) is 0 Å². The van der Waals surface area contributed by atoms with Gasteiger partial charge in [0, 0.05) is 62.9 Å². The molecular formula is C25H40N6. The van der Waals surface area contributed by atoms with Gasteiger partial charge in [-0.25, -0.2) is 15.0 Å². The first kappa shape index (κ1) is 23.3. The summed E-state index contributed by atoms with van der Waals surface area (Å²) in [5, 5.41) is 0. The van der Waals surface area contributed by atoms with Crippen molar-refractivity contribution in [3.8, 4) is 0 Å². The van der Waals surface area contributed by atoms with Crippen molar-refractivity contribution in [2.24, 2.45) is 21.1 Å². The van der Waals surface area contributed by atoms with Crippen LogP contribution in [-0.4, -0.2) is 28.7 Å². The summed E-state index contributed by atoms with van der Waals surface area (Å²) in [6.07, 6.45) is 5.04. The van der Waals surface area contributed by atoms with E-state index in [0.717, 1.165) is 30.8 Å². The van der Waals surface area contributed by atoms with E-state index >= 15 is 0 Å². The predicted molar refractivity (Wildman–Crippen MR) is 127 cm³/mol. The molecule has 6 nitrogen and oxygen atoms in total. The van der Waals surface area contributed by atoms with Crippen LogP contribution in [0.3, 0.4) is 0 Å². The van der Waals surface area contributed by atoms with Crippen molar-refractivity contribution >= 4 is 0 Å². The Bertz CT molecular complexity index is 1050. The fraction of sp³-hybridized carbons (Fsp3) is 0.640. The average molecular weight is 425 g/mol. The van der Waals surface area contributed by atoms with Crippen LogP contribution in [0, 0.1) is 20.8 Å². The smallest absolute Gasteiger partial charge is 0.111 e. The lowest BCUT2D eigenvalue weighted by Gasteiger charge is -2.11. The minimum absolute atomic E-state index is 0.334. The Morgan fingerprint density at radius 2 is 1.32 bits per heavy atom. The molecule has 3 aromatic rings. The van der Waals surface area contributed by atoms with E-state index in [0.29, 0.717) is 17.8 Å². The highest BCUT2D eigenvalue weighted by molar-refractivity contribution is 5.22. The molecule has 0 aliphatic carbocycles. The van der Waals surface area contributed by atoms with Gasteiger partial charge in [0.15, 0.2) is 0 Å². The zero-order valence-electron chi connectivity index (χ0n) is 21.1. The van der Waals surface area contributed by atoms with E-state index in [1.165, 1.54) is 34.4 Å². The molecule has 0 aliphatic heterocycles. The van der Waals surface area contributed by atoms with Gasteiger partial charge >= 0.3 is 0 Å². The lowest BCUT2D eigenvalue weighted by Crippen LogP contribution is -2.07. The Morgan fingerprint density at radius 3 is 1.87 bits per heavy atom. The standard InChI is InChI=1S/C25H40N6/c1-15(2)23-27-21(19(6)30(23)9)12-11-16(3)25-28-22(20(7)31(25)10)13-17(4)24-26-18(5)14-29(24)8/h14-17H,11-13H2,1-10H3. The maximum Gasteiger partial charge on any atom is 0.111 e. The summed E-state index contributed by atoms with van der Waals surface area (Å²) in [7, 11) is 6.36. The molecule has 31 heavy (non-hydrogen) atoms. The number of nitrogens with zero attached hydrogens (tertiary/aromatic N) is 6. The topological polar surface area (TPSA) is 53.5 Å². The molecule has 0 saturated carbocycles. The van der Waals surface area contributed by atoms with Gasteiger partial charge in [0.2, 0.25) is 0 Å². The van der Waals surface area contributed by atoms with Gasteiger partial charge in [-0.05, 0) is 33.6 Å². The van der Waals surface area contributed by atoms with Gasteiger partial charge in [0.25, 0.3) is 0 Å². The summed E-state index contributed by atoms with van der Waals surface area (Å²) in [6.45, 7) is 15.4. The molecule has 0 fully saturated rings. The van der Waals surface area contributed by atoms with Crippen LogP contribution in [0.15, 0.2) is 6.20 Å². The quantitative estimate of drug-likeness (QED) is 0.510. The van der Waals surface area contributed by atoms with Gasteiger partial charge in [-0.15, -0.1) is 0 Å². The molecule has 0 spiro atoms. The molecule has 6 heteroatoms. The molecule has 2 unspecified atom stereocenters. The van der Waals surface area contributed by atoms with Gasteiger partial charge < -0.3 is 13.7 Å². The van der Waals surface area contributed by atoms with Crippen molar-refractivity contribution in [1.29, 1.82) is 0 Å². The number of imidazole rings is 3. The third-order valence-corrected chi connectivity index (χ3v) is 6.77. The number of aryl methyl sites for hydroxylation is 3. The minimum Gasteiger partial charge on any atom is -0.337 e. The van der Waals surface area contributed by atoms with E-state index in [1.807, 2.05) is 0 Å². The molecule has 2 atom stereocenters. The fourth-order valence-electron chi connectivity index (χ4n) is 4.66. The molecule has 0 N–H and O–H groups in total. The summed E-state index contributed by atoms with van der Waals surface area (Å²) in [4.78, 5) is 14.7. The molecule has 0 amide bonds. The van der Waals surface area contributed by atoms with Crippen molar-refractivity contribution in [1.82, 2.24) is 28.7 Å². The molecule has 3 rings (SSSR count). The Hall–Kier alpha value is -2.37. The molecule has 0 bridgehead atoms. The van der Waals surface area contributed by atoms with Crippen LogP contribution in [0.4, 0.5) is 0 Å². The number of hydrogen-bond donors (Lipinski definition) is 0. The number of aromatic nitrogens is 6. The third-order valence-electron chi connectivity index (χ3n) is 6.77. The molecule has 3 heterocycles. The highest BCUT2D eigenvalue weighted by atomic mass is 15.1. The zero-order chi connectivity index (χ0) is 23.0. The second kappa shape index (κ2) is 9.01. The van der Waals surface area contributed by atoms with Crippen LogP contribution in [-0.2, 0) is 34.0 Å². The van der Waals surface area contributed by atoms with E-state index < -0.39 is 0 Å². The van der Waals surface area contributed by atoms with Crippen LogP contribution in [0.5, 0.6) is 0 Å². The van der Waals surface area contributed by atoms with Gasteiger partial charge in [0.1, 0.15) is 17.5 Å². The van der Waals surface area contributed by atoms with Crippen LogP contribution >= 0.6 is 0 Å². The molecule has 170 valence electrons. The first-order valence-electron chi connectivity index (χ1n) is 11.5. The SMILES string of the molecule is Cc1cn(C)c(C(C)Cc2nc(C(C)CCc3nc(C(C)C)n(C)c3C)n(C)c2C)n1. The largest absolute Gasteiger partial charge is 0.337 e. The first-order valence-corrected chi connectivity index (χ1v) is 11.5. The average Bonchev–Trinajstić information content (AvgIpc) is 3.29. The lowest BCUT2D eigenvalue weighted by atomic mass is 10.0. The van der Waals surface area contributed by atoms with E-state index in [2.05, 4.69) is 89.5 Å². The normalized spacial score (nSPS) is 13.9. The molecule has 0 radical (unpaired) electrons. The Morgan fingerprint density at radius 1 is 0.742 bits per heavy atom. The summed E-state index contributed by atoms with van der Waals surface area (Å²) in [5.74, 6) is 4.64. The Kier molecular flexibility index (Phi) is 6.77. The maximum atomic E-state index is 5.10. The van der Waals surface area contributed by atoms with E-state index in [-0.39, 0.29) is 0 Å². The van der Waals surface area contributed by atoms with Gasteiger partial charge in [-0.1, -0.05) is 27.7 Å². The van der Waals surface area contributed by atoms with Crippen molar-refractivity contribution in [3.05, 3.63) is 52.1 Å². The van der Waals surface area contributed by atoms with E-state index in [1.54, 1.807) is 0 Å². The van der Waals surface area contributed by atoms with Gasteiger partial charge in [0.05, 0.1) is 17.1 Å². The first-order chi connectivity index (χ1) is 14.5. The van der Waals surface area contributed by atoms with Crippen molar-refractivity contribution in [2.75, 3.05) is 0 Å². The summed E-state index contributed by atoms with van der Waals surface area (Å²) in [5.41, 5.74) is 6.03. The van der Waals surface area contributed by atoms with Crippen molar-refractivity contribution < 1.29 is 0 Å². The minimum atomic E-state index is 0.334.